The first-order valence-corrected chi connectivity index (χ1v) is 7.06. The summed E-state index contributed by atoms with van der Waals surface area (Å²) in [6.07, 6.45) is 0. The molecule has 0 amide bonds. The minimum atomic E-state index is 0.0360. The molecule has 2 aromatic rings. The number of rotatable bonds is 3. The summed E-state index contributed by atoms with van der Waals surface area (Å²) in [6.45, 7) is 4.18. The van der Waals surface area contributed by atoms with Crippen LogP contribution in [-0.2, 0) is 0 Å². The summed E-state index contributed by atoms with van der Waals surface area (Å²) >= 11 is 7.54. The van der Waals surface area contributed by atoms with Gasteiger partial charge in [-0.1, -0.05) is 29.4 Å². The van der Waals surface area contributed by atoms with Crippen molar-refractivity contribution in [2.75, 3.05) is 0 Å². The molecule has 2 nitrogen and oxygen atoms in total. The molecule has 0 bridgehead atoms. The summed E-state index contributed by atoms with van der Waals surface area (Å²) in [7, 11) is 0. The zero-order chi connectivity index (χ0) is 14.0. The molecule has 3 N–H and O–H groups in total. The highest BCUT2D eigenvalue weighted by Crippen LogP contribution is 2.32. The Balaban J connectivity index is 2.37. The Labute approximate surface area is 122 Å². The second-order valence-electron chi connectivity index (χ2n) is 4.40. The van der Waals surface area contributed by atoms with Crippen LogP contribution in [0.15, 0.2) is 46.2 Å². The number of nitrogens with one attached hydrogen (secondary N) is 1. The van der Waals surface area contributed by atoms with Crippen LogP contribution in [0.3, 0.4) is 0 Å². The van der Waals surface area contributed by atoms with Crippen LogP contribution in [-0.4, -0.2) is 5.84 Å². The van der Waals surface area contributed by atoms with E-state index in [1.807, 2.05) is 12.1 Å². The molecule has 0 saturated heterocycles. The fraction of sp³-hybridized carbons (Fsp3) is 0.133. The van der Waals surface area contributed by atoms with Gasteiger partial charge in [0.2, 0.25) is 0 Å². The first-order chi connectivity index (χ1) is 8.97. The molecule has 0 atom stereocenters. The fourth-order valence-corrected chi connectivity index (χ4v) is 2.92. The van der Waals surface area contributed by atoms with Crippen molar-refractivity contribution in [2.45, 2.75) is 23.6 Å². The Bertz CT molecular complexity index is 638. The lowest BCUT2D eigenvalue weighted by Gasteiger charge is -2.09. The molecule has 0 radical (unpaired) electrons. The average Bonchev–Trinajstić information content (AvgIpc) is 2.36. The maximum atomic E-state index is 7.62. The highest BCUT2D eigenvalue weighted by atomic mass is 35.5. The standard InChI is InChI=1S/C15H15ClN2S/c1-9-3-5-12(7-10(9)2)19-14-6-4-11(16)8-13(14)15(17)18/h3-8H,1-2H3,(H3,17,18). The van der Waals surface area contributed by atoms with Crippen LogP contribution in [0.2, 0.25) is 5.02 Å². The molecule has 0 heterocycles. The van der Waals surface area contributed by atoms with E-state index in [0.29, 0.717) is 10.6 Å². The second-order valence-corrected chi connectivity index (χ2v) is 5.95. The van der Waals surface area contributed by atoms with E-state index in [0.717, 1.165) is 9.79 Å². The number of benzene rings is 2. The Morgan fingerprint density at radius 3 is 2.47 bits per heavy atom. The number of hydrogen-bond acceptors (Lipinski definition) is 2. The van der Waals surface area contributed by atoms with Crippen molar-refractivity contribution in [1.29, 1.82) is 5.41 Å². The number of hydrogen-bond donors (Lipinski definition) is 2. The van der Waals surface area contributed by atoms with Crippen molar-refractivity contribution >= 4 is 29.2 Å². The van der Waals surface area contributed by atoms with Gasteiger partial charge in [0.25, 0.3) is 0 Å². The summed E-state index contributed by atoms with van der Waals surface area (Å²) in [5.41, 5.74) is 8.80. The van der Waals surface area contributed by atoms with Gasteiger partial charge in [-0.05, 0) is 55.3 Å². The third-order valence-corrected chi connectivity index (χ3v) is 4.24. The summed E-state index contributed by atoms with van der Waals surface area (Å²) in [5, 5.41) is 8.21. The van der Waals surface area contributed by atoms with E-state index < -0.39 is 0 Å². The van der Waals surface area contributed by atoms with Crippen molar-refractivity contribution in [3.05, 3.63) is 58.1 Å². The van der Waals surface area contributed by atoms with Crippen molar-refractivity contribution < 1.29 is 0 Å². The van der Waals surface area contributed by atoms with Gasteiger partial charge in [0, 0.05) is 20.4 Å². The summed E-state index contributed by atoms with van der Waals surface area (Å²) < 4.78 is 0. The number of amidine groups is 1. The molecule has 0 unspecified atom stereocenters. The van der Waals surface area contributed by atoms with Gasteiger partial charge in [-0.15, -0.1) is 0 Å². The topological polar surface area (TPSA) is 49.9 Å². The predicted octanol–water partition coefficient (Wildman–Crippen LogP) is 4.39. The Hall–Kier alpha value is -1.45. The average molecular weight is 291 g/mol. The molecule has 0 saturated carbocycles. The van der Waals surface area contributed by atoms with Crippen molar-refractivity contribution in [1.82, 2.24) is 0 Å². The minimum Gasteiger partial charge on any atom is -0.384 e. The molecule has 0 aliphatic rings. The SMILES string of the molecule is Cc1ccc(Sc2ccc(Cl)cc2C(=N)N)cc1C. The molecule has 19 heavy (non-hydrogen) atoms. The van der Waals surface area contributed by atoms with Gasteiger partial charge in [-0.3, -0.25) is 5.41 Å². The van der Waals surface area contributed by atoms with Gasteiger partial charge in [0.05, 0.1) is 0 Å². The Kier molecular flexibility index (Phi) is 4.17. The molecule has 0 fully saturated rings. The van der Waals surface area contributed by atoms with Gasteiger partial charge < -0.3 is 5.73 Å². The molecule has 0 aliphatic heterocycles. The first kappa shape index (κ1) is 14.0. The number of aryl methyl sites for hydroxylation is 2. The lowest BCUT2D eigenvalue weighted by molar-refractivity contribution is 1.27. The Morgan fingerprint density at radius 1 is 1.11 bits per heavy atom. The van der Waals surface area contributed by atoms with Gasteiger partial charge in [-0.2, -0.15) is 0 Å². The molecule has 0 spiro atoms. The third-order valence-electron chi connectivity index (χ3n) is 2.94. The normalized spacial score (nSPS) is 10.5. The second kappa shape index (κ2) is 5.68. The number of nitrogen functional groups attached to an aromatic ring is 1. The highest BCUT2D eigenvalue weighted by molar-refractivity contribution is 7.99. The number of halogens is 1. The first-order valence-electron chi connectivity index (χ1n) is 5.86. The molecule has 98 valence electrons. The van der Waals surface area contributed by atoms with Crippen molar-refractivity contribution in [3.8, 4) is 0 Å². The molecule has 0 aliphatic carbocycles. The predicted molar refractivity (Wildman–Crippen MR) is 82.5 cm³/mol. The van der Waals surface area contributed by atoms with Crippen molar-refractivity contribution in [2.24, 2.45) is 5.73 Å². The van der Waals surface area contributed by atoms with E-state index in [2.05, 4.69) is 32.0 Å². The maximum Gasteiger partial charge on any atom is 0.123 e. The monoisotopic (exact) mass is 290 g/mol. The summed E-state index contributed by atoms with van der Waals surface area (Å²) in [4.78, 5) is 2.08. The highest BCUT2D eigenvalue weighted by Gasteiger charge is 2.08. The van der Waals surface area contributed by atoms with E-state index in [9.17, 15) is 0 Å². The van der Waals surface area contributed by atoms with Crippen molar-refractivity contribution in [3.63, 3.8) is 0 Å². The lowest BCUT2D eigenvalue weighted by Crippen LogP contribution is -2.12. The van der Waals surface area contributed by atoms with E-state index in [-0.39, 0.29) is 5.84 Å². The van der Waals surface area contributed by atoms with E-state index in [1.54, 1.807) is 17.8 Å². The minimum absolute atomic E-state index is 0.0360. The molecular weight excluding hydrogens is 276 g/mol. The van der Waals surface area contributed by atoms with Crippen LogP contribution in [0.1, 0.15) is 16.7 Å². The molecule has 2 rings (SSSR count). The largest absolute Gasteiger partial charge is 0.384 e. The van der Waals surface area contributed by atoms with E-state index in [1.165, 1.54) is 11.1 Å². The van der Waals surface area contributed by atoms with E-state index >= 15 is 0 Å². The van der Waals surface area contributed by atoms with Gasteiger partial charge in [0.15, 0.2) is 0 Å². The third kappa shape index (κ3) is 3.31. The fourth-order valence-electron chi connectivity index (χ4n) is 1.71. The zero-order valence-corrected chi connectivity index (χ0v) is 12.4. The summed E-state index contributed by atoms with van der Waals surface area (Å²) in [5.74, 6) is 0.0360. The Morgan fingerprint density at radius 2 is 1.84 bits per heavy atom. The quantitative estimate of drug-likeness (QED) is 0.650. The van der Waals surface area contributed by atoms with Gasteiger partial charge >= 0.3 is 0 Å². The van der Waals surface area contributed by atoms with Gasteiger partial charge in [-0.25, -0.2) is 0 Å². The number of nitrogens with two attached hydrogens (primary N) is 1. The van der Waals surface area contributed by atoms with Crippen LogP contribution in [0.25, 0.3) is 0 Å². The lowest BCUT2D eigenvalue weighted by atomic mass is 10.1. The van der Waals surface area contributed by atoms with Crippen LogP contribution < -0.4 is 5.73 Å². The van der Waals surface area contributed by atoms with Crippen LogP contribution in [0.4, 0.5) is 0 Å². The molecule has 4 heteroatoms. The van der Waals surface area contributed by atoms with E-state index in [4.69, 9.17) is 22.7 Å². The summed E-state index contributed by atoms with van der Waals surface area (Å²) in [6, 6.07) is 11.8. The van der Waals surface area contributed by atoms with Crippen LogP contribution >= 0.6 is 23.4 Å². The molecular formula is C15H15ClN2S. The molecule has 2 aromatic carbocycles. The van der Waals surface area contributed by atoms with Crippen LogP contribution in [0, 0.1) is 19.3 Å². The smallest absolute Gasteiger partial charge is 0.123 e. The van der Waals surface area contributed by atoms with Crippen LogP contribution in [0.5, 0.6) is 0 Å². The zero-order valence-electron chi connectivity index (χ0n) is 10.8. The maximum absolute atomic E-state index is 7.62. The van der Waals surface area contributed by atoms with Gasteiger partial charge in [0.1, 0.15) is 5.84 Å². The molecule has 0 aromatic heterocycles.